The molecule has 11 atom stereocenters. The molecule has 16 nitrogen and oxygen atoms in total. The van der Waals surface area contributed by atoms with E-state index in [0.717, 1.165) is 89.5 Å². The Labute approximate surface area is 341 Å². The molecule has 2 heterocycles. The zero-order valence-electron chi connectivity index (χ0n) is 34.2. The predicted molar refractivity (Wildman–Crippen MR) is 210 cm³/mol. The highest BCUT2D eigenvalue weighted by atomic mass is 16.8. The third kappa shape index (κ3) is 18.0. The van der Waals surface area contributed by atoms with E-state index in [0.29, 0.717) is 19.4 Å². The first kappa shape index (κ1) is 49.2. The number of amides is 1. The van der Waals surface area contributed by atoms with Crippen LogP contribution in [-0.4, -0.2) is 136 Å². The summed E-state index contributed by atoms with van der Waals surface area (Å²) in [6.07, 6.45) is 2.01. The maximum atomic E-state index is 12.1. The van der Waals surface area contributed by atoms with E-state index in [1.807, 2.05) is 19.1 Å². The van der Waals surface area contributed by atoms with Gasteiger partial charge in [-0.25, -0.2) is 0 Å². The van der Waals surface area contributed by atoms with Crippen molar-refractivity contribution in [3.63, 3.8) is 0 Å². The molecule has 0 aromatic heterocycles. The van der Waals surface area contributed by atoms with E-state index in [1.165, 1.54) is 6.92 Å². The average molecular weight is 826 g/mol. The molecular formula is C42H67NO15. The Bertz CT molecular complexity index is 1360. The van der Waals surface area contributed by atoms with Crippen LogP contribution in [0.4, 0.5) is 0 Å². The van der Waals surface area contributed by atoms with Gasteiger partial charge in [-0.05, 0) is 69.6 Å². The molecule has 0 radical (unpaired) electrons. The molecule has 3 rings (SSSR count). The molecular weight excluding hydrogens is 758 g/mol. The molecule has 58 heavy (non-hydrogen) atoms. The van der Waals surface area contributed by atoms with Gasteiger partial charge in [-0.2, -0.15) is 0 Å². The maximum Gasteiger partial charge on any atom is 0.302 e. The van der Waals surface area contributed by atoms with E-state index in [1.54, 1.807) is 12.1 Å². The Morgan fingerprint density at radius 3 is 1.84 bits per heavy atom. The Morgan fingerprint density at radius 2 is 1.24 bits per heavy atom. The Morgan fingerprint density at radius 1 is 0.707 bits per heavy atom. The third-order valence-electron chi connectivity index (χ3n) is 10.2. The first-order chi connectivity index (χ1) is 27.8. The van der Waals surface area contributed by atoms with Crippen molar-refractivity contribution in [2.45, 2.75) is 178 Å². The van der Waals surface area contributed by atoms with Gasteiger partial charge >= 0.3 is 11.9 Å². The van der Waals surface area contributed by atoms with Crippen LogP contribution in [0.2, 0.25) is 0 Å². The quantitative estimate of drug-likeness (QED) is 0.0404. The zero-order valence-corrected chi connectivity index (χ0v) is 34.2. The maximum absolute atomic E-state index is 12.1. The van der Waals surface area contributed by atoms with Crippen LogP contribution in [0.3, 0.4) is 0 Å². The number of phenols is 1. The molecule has 16 heteroatoms. The van der Waals surface area contributed by atoms with Gasteiger partial charge in [0.05, 0.1) is 6.10 Å². The second kappa shape index (κ2) is 26.8. The van der Waals surface area contributed by atoms with Crippen molar-refractivity contribution in [1.82, 2.24) is 5.32 Å². The number of ether oxygens (including phenoxy) is 6. The Hall–Kier alpha value is -3.19. The van der Waals surface area contributed by atoms with Crippen molar-refractivity contribution in [1.29, 1.82) is 0 Å². The second-order valence-electron chi connectivity index (χ2n) is 15.2. The number of carbonyl (C=O) groups is 3. The fraction of sp³-hybridized carbons (Fsp3) is 0.738. The molecule has 1 aromatic carbocycles. The Balaban J connectivity index is 1.31. The number of aliphatic hydroxyl groups excluding tert-OH is 5. The molecule has 2 aliphatic heterocycles. The topological polar surface area (TPSA) is 240 Å². The number of nitrogens with one attached hydrogen (secondary N) is 1. The van der Waals surface area contributed by atoms with Crippen LogP contribution >= 0.6 is 0 Å². The summed E-state index contributed by atoms with van der Waals surface area (Å²) in [6.45, 7) is 3.96. The highest BCUT2D eigenvalue weighted by Gasteiger charge is 2.51. The van der Waals surface area contributed by atoms with Crippen LogP contribution in [0.25, 0.3) is 0 Å². The third-order valence-corrected chi connectivity index (χ3v) is 10.2. The van der Waals surface area contributed by atoms with E-state index in [2.05, 4.69) is 17.5 Å². The SMILES string of the molecule is CC(=O)OC[C@H]1O[C@@H](O[C@H]2[C@H](OC(C)CCCCCC/C=C\CCCCCCCC(=O)NCCc3ccc(O)cc3)O[C@H](COC(C)=O)[C@@H](O)[C@@H]2O)[C@H](O)[C@@H](O)[C@@H]1O. The van der Waals surface area contributed by atoms with Crippen molar-refractivity contribution in [2.75, 3.05) is 19.8 Å². The minimum absolute atomic E-state index is 0.0839. The summed E-state index contributed by atoms with van der Waals surface area (Å²) >= 11 is 0. The summed E-state index contributed by atoms with van der Waals surface area (Å²) in [4.78, 5) is 34.8. The number of aliphatic hydroxyl groups is 5. The van der Waals surface area contributed by atoms with Crippen molar-refractivity contribution in [3.8, 4) is 5.75 Å². The first-order valence-electron chi connectivity index (χ1n) is 20.7. The number of unbranched alkanes of at least 4 members (excludes halogenated alkanes) is 9. The van der Waals surface area contributed by atoms with E-state index in [4.69, 9.17) is 28.4 Å². The van der Waals surface area contributed by atoms with Gasteiger partial charge in [0.2, 0.25) is 5.91 Å². The highest BCUT2D eigenvalue weighted by molar-refractivity contribution is 5.75. The number of phenolic OH excluding ortho intramolecular Hbond substituents is 1. The molecule has 7 N–H and O–H groups in total. The monoisotopic (exact) mass is 825 g/mol. The van der Waals surface area contributed by atoms with E-state index in [9.17, 15) is 45.0 Å². The minimum atomic E-state index is -1.78. The van der Waals surface area contributed by atoms with Crippen LogP contribution in [0.5, 0.6) is 5.75 Å². The fourth-order valence-electron chi connectivity index (χ4n) is 6.77. The van der Waals surface area contributed by atoms with Gasteiger partial charge in [0.1, 0.15) is 67.8 Å². The van der Waals surface area contributed by atoms with Gasteiger partial charge in [-0.15, -0.1) is 0 Å². The molecule has 2 fully saturated rings. The molecule has 1 unspecified atom stereocenters. The molecule has 1 aromatic rings. The lowest BCUT2D eigenvalue weighted by Crippen LogP contribution is -2.65. The molecule has 2 aliphatic rings. The number of allylic oxidation sites excluding steroid dienone is 2. The largest absolute Gasteiger partial charge is 0.508 e. The molecule has 0 aliphatic carbocycles. The van der Waals surface area contributed by atoms with Crippen LogP contribution < -0.4 is 5.32 Å². The average Bonchev–Trinajstić information content (AvgIpc) is 3.18. The lowest BCUT2D eigenvalue weighted by Gasteiger charge is -2.46. The Kier molecular flexibility index (Phi) is 22.7. The standard InChI is InChI=1S/C42H67NO15/c1-27(17-15-13-11-9-7-5-4-6-8-10-12-14-16-18-34(47)43-24-23-30-19-21-31(46)22-20-30)55-42-40(38(51)36(49)33(57-42)26-54-29(3)45)58-41-39(52)37(50)35(48)32(56-41)25-53-28(2)44/h4-5,19-22,27,32-33,35-42,46,48-52H,6-18,23-26H2,1-3H3,(H,43,47)/b5-4-/t27?,32-,33-,35-,36-,37+,38+,39-,40-,41+,42-/m1/s1. The van der Waals surface area contributed by atoms with Gasteiger partial charge in [-0.3, -0.25) is 14.4 Å². The minimum Gasteiger partial charge on any atom is -0.508 e. The van der Waals surface area contributed by atoms with Crippen molar-refractivity contribution in [2.24, 2.45) is 0 Å². The summed E-state index contributed by atoms with van der Waals surface area (Å²) in [5.41, 5.74) is 1.08. The predicted octanol–water partition coefficient (Wildman–Crippen LogP) is 2.85. The number of hydrogen-bond acceptors (Lipinski definition) is 15. The number of esters is 2. The number of carbonyl (C=O) groups excluding carboxylic acids is 3. The number of hydrogen-bond donors (Lipinski definition) is 7. The van der Waals surface area contributed by atoms with Gasteiger partial charge in [0.15, 0.2) is 12.6 Å². The normalized spacial score (nSPS) is 27.9. The summed E-state index contributed by atoms with van der Waals surface area (Å²) < 4.78 is 33.4. The van der Waals surface area contributed by atoms with E-state index < -0.39 is 86.1 Å². The molecule has 0 bridgehead atoms. The van der Waals surface area contributed by atoms with Gasteiger partial charge < -0.3 is 64.4 Å². The number of benzene rings is 1. The van der Waals surface area contributed by atoms with Gasteiger partial charge in [0, 0.05) is 26.8 Å². The van der Waals surface area contributed by atoms with Crippen LogP contribution in [0.15, 0.2) is 36.4 Å². The van der Waals surface area contributed by atoms with Gasteiger partial charge in [-0.1, -0.05) is 62.8 Å². The van der Waals surface area contributed by atoms with Crippen LogP contribution in [0.1, 0.15) is 110 Å². The van der Waals surface area contributed by atoms with Crippen molar-refractivity contribution in [3.05, 3.63) is 42.0 Å². The van der Waals surface area contributed by atoms with Crippen LogP contribution in [-0.2, 0) is 49.2 Å². The summed E-state index contributed by atoms with van der Waals surface area (Å²) in [7, 11) is 0. The van der Waals surface area contributed by atoms with Gasteiger partial charge in [0.25, 0.3) is 0 Å². The smallest absolute Gasteiger partial charge is 0.302 e. The lowest BCUT2D eigenvalue weighted by molar-refractivity contribution is -0.371. The van der Waals surface area contributed by atoms with E-state index in [-0.39, 0.29) is 18.3 Å². The summed E-state index contributed by atoms with van der Waals surface area (Å²) in [6, 6.07) is 7.02. The zero-order chi connectivity index (χ0) is 42.5. The highest BCUT2D eigenvalue weighted by Crippen LogP contribution is 2.31. The fourth-order valence-corrected chi connectivity index (χ4v) is 6.77. The van der Waals surface area contributed by atoms with Crippen molar-refractivity contribution < 1.29 is 73.4 Å². The summed E-state index contributed by atoms with van der Waals surface area (Å²) in [5.74, 6) is -0.947. The molecule has 0 saturated carbocycles. The van der Waals surface area contributed by atoms with E-state index >= 15 is 0 Å². The van der Waals surface area contributed by atoms with Crippen LogP contribution in [0, 0.1) is 0 Å². The lowest BCUT2D eigenvalue weighted by atomic mass is 9.97. The second-order valence-corrected chi connectivity index (χ2v) is 15.2. The summed E-state index contributed by atoms with van der Waals surface area (Å²) in [5, 5.41) is 65.6. The molecule has 330 valence electrons. The molecule has 0 spiro atoms. The molecule has 2 saturated heterocycles. The molecule has 1 amide bonds. The number of rotatable bonds is 26. The first-order valence-corrected chi connectivity index (χ1v) is 20.7. The number of aromatic hydroxyl groups is 1. The van der Waals surface area contributed by atoms with Crippen molar-refractivity contribution >= 4 is 17.8 Å².